The number of fused-ring (bicyclic) bond motifs is 1. The fourth-order valence-corrected chi connectivity index (χ4v) is 6.29. The second-order valence-corrected chi connectivity index (χ2v) is 9.66. The van der Waals surface area contributed by atoms with E-state index in [0.29, 0.717) is 6.04 Å². The van der Waals surface area contributed by atoms with Crippen molar-refractivity contribution in [3.63, 3.8) is 0 Å². The van der Waals surface area contributed by atoms with Crippen molar-refractivity contribution in [3.8, 4) is 22.6 Å². The summed E-state index contributed by atoms with van der Waals surface area (Å²) in [5, 5.41) is 11.9. The van der Waals surface area contributed by atoms with Crippen molar-refractivity contribution in [2.24, 2.45) is 0 Å². The molecule has 1 aliphatic rings. The Morgan fingerprint density at radius 2 is 1.89 bits per heavy atom. The van der Waals surface area contributed by atoms with E-state index in [0.717, 1.165) is 38.1 Å². The van der Waals surface area contributed by atoms with Gasteiger partial charge in [0.05, 0.1) is 11.7 Å². The highest BCUT2D eigenvalue weighted by atomic mass is 32.2. The van der Waals surface area contributed by atoms with Crippen LogP contribution in [0.2, 0.25) is 0 Å². The van der Waals surface area contributed by atoms with Gasteiger partial charge in [-0.05, 0) is 19.1 Å². The van der Waals surface area contributed by atoms with Gasteiger partial charge in [-0.15, -0.1) is 21.5 Å². The molecule has 0 saturated carbocycles. The van der Waals surface area contributed by atoms with Gasteiger partial charge in [-0.25, -0.2) is 4.98 Å². The zero-order valence-corrected chi connectivity index (χ0v) is 17.6. The normalized spacial score (nSPS) is 15.7. The third-order valence-electron chi connectivity index (χ3n) is 4.60. The third kappa shape index (κ3) is 3.47. The maximum Gasteiger partial charge on any atom is 0.191 e. The highest BCUT2D eigenvalue weighted by Gasteiger charge is 2.28. The molecule has 0 aliphatic carbocycles. The summed E-state index contributed by atoms with van der Waals surface area (Å²) in [5.41, 5.74) is 4.55. The highest BCUT2D eigenvalue weighted by molar-refractivity contribution is 8.01. The Labute approximate surface area is 175 Å². The van der Waals surface area contributed by atoms with E-state index in [-0.39, 0.29) is 0 Å². The molecule has 1 atom stereocenters. The molecule has 0 N–H and O–H groups in total. The van der Waals surface area contributed by atoms with Gasteiger partial charge >= 0.3 is 0 Å². The quantitative estimate of drug-likeness (QED) is 0.411. The largest absolute Gasteiger partial charge is 0.297 e. The summed E-state index contributed by atoms with van der Waals surface area (Å²) in [6.07, 6.45) is 3.59. The van der Waals surface area contributed by atoms with E-state index in [1.54, 1.807) is 35.5 Å². The molecule has 0 spiro atoms. The van der Waals surface area contributed by atoms with Crippen LogP contribution in [0, 0.1) is 6.92 Å². The molecule has 0 saturated heterocycles. The number of aryl methyl sites for hydroxylation is 1. The second kappa shape index (κ2) is 7.69. The first-order valence-electron chi connectivity index (χ1n) is 8.91. The summed E-state index contributed by atoms with van der Waals surface area (Å²) in [5.74, 6) is 2.90. The molecule has 5 nitrogen and oxygen atoms in total. The van der Waals surface area contributed by atoms with Crippen LogP contribution in [0.3, 0.4) is 0 Å². The molecule has 5 rings (SSSR count). The predicted octanol–water partition coefficient (Wildman–Crippen LogP) is 5.21. The molecule has 3 aromatic heterocycles. The van der Waals surface area contributed by atoms with Crippen LogP contribution in [-0.2, 0) is 0 Å². The van der Waals surface area contributed by atoms with Crippen LogP contribution < -0.4 is 0 Å². The molecular formula is C20H17N5S3. The maximum absolute atomic E-state index is 4.82. The minimum atomic E-state index is 0.356. The van der Waals surface area contributed by atoms with Crippen molar-refractivity contribution in [2.75, 3.05) is 11.5 Å². The Morgan fingerprint density at radius 1 is 1.07 bits per heavy atom. The molecule has 1 aliphatic heterocycles. The van der Waals surface area contributed by atoms with Gasteiger partial charge in [-0.2, -0.15) is 0 Å². The second-order valence-electron chi connectivity index (χ2n) is 6.55. The van der Waals surface area contributed by atoms with Crippen molar-refractivity contribution >= 4 is 34.9 Å². The molecule has 0 fully saturated rings. The number of hydrogen-bond acceptors (Lipinski definition) is 7. The number of aromatic nitrogens is 5. The number of thiazole rings is 1. The van der Waals surface area contributed by atoms with Crippen molar-refractivity contribution in [2.45, 2.75) is 22.5 Å². The van der Waals surface area contributed by atoms with E-state index in [1.165, 1.54) is 11.1 Å². The van der Waals surface area contributed by atoms with Gasteiger partial charge in [-0.3, -0.25) is 9.55 Å². The predicted molar refractivity (Wildman–Crippen MR) is 116 cm³/mol. The van der Waals surface area contributed by atoms with Crippen LogP contribution >= 0.6 is 34.9 Å². The molecule has 0 bridgehead atoms. The van der Waals surface area contributed by atoms with Crippen molar-refractivity contribution < 1.29 is 0 Å². The van der Waals surface area contributed by atoms with Crippen LogP contribution in [0.1, 0.15) is 11.6 Å². The number of pyridine rings is 1. The lowest BCUT2D eigenvalue weighted by atomic mass is 10.1. The van der Waals surface area contributed by atoms with Crippen LogP contribution in [0.5, 0.6) is 0 Å². The van der Waals surface area contributed by atoms with Crippen molar-refractivity contribution in [1.29, 1.82) is 0 Å². The SMILES string of the molecule is Cc1ccc(-c2csc(SCC3CSc4nnc(-c5ccncc5)n43)n2)cc1. The lowest BCUT2D eigenvalue weighted by Gasteiger charge is -2.13. The summed E-state index contributed by atoms with van der Waals surface area (Å²) in [6.45, 7) is 2.10. The molecule has 28 heavy (non-hydrogen) atoms. The van der Waals surface area contributed by atoms with Crippen LogP contribution in [0.15, 0.2) is 63.7 Å². The number of nitrogens with zero attached hydrogens (tertiary/aromatic N) is 5. The van der Waals surface area contributed by atoms with E-state index >= 15 is 0 Å². The average molecular weight is 424 g/mol. The highest BCUT2D eigenvalue weighted by Crippen LogP contribution is 2.39. The topological polar surface area (TPSA) is 56.5 Å². The van der Waals surface area contributed by atoms with Crippen LogP contribution in [0.4, 0.5) is 0 Å². The van der Waals surface area contributed by atoms with Crippen LogP contribution in [0.25, 0.3) is 22.6 Å². The fraction of sp³-hybridized carbons (Fsp3) is 0.200. The first-order chi connectivity index (χ1) is 13.8. The Bertz CT molecular complexity index is 1090. The van der Waals surface area contributed by atoms with Gasteiger partial charge in [0.2, 0.25) is 0 Å². The smallest absolute Gasteiger partial charge is 0.191 e. The minimum absolute atomic E-state index is 0.356. The zero-order chi connectivity index (χ0) is 18.9. The Morgan fingerprint density at radius 3 is 2.71 bits per heavy atom. The monoisotopic (exact) mass is 423 g/mol. The summed E-state index contributed by atoms with van der Waals surface area (Å²) < 4.78 is 3.37. The number of rotatable bonds is 5. The molecule has 140 valence electrons. The standard InChI is InChI=1S/C20H17N5S3/c1-13-2-4-14(5-3-13)17-12-28-20(22-17)27-11-16-10-26-19-24-23-18(25(16)19)15-6-8-21-9-7-15/h2-9,12,16H,10-11H2,1H3. The Hall–Kier alpha value is -2.16. The fourth-order valence-electron chi connectivity index (χ4n) is 3.12. The molecule has 0 radical (unpaired) electrons. The van der Waals surface area contributed by atoms with E-state index in [1.807, 2.05) is 23.9 Å². The van der Waals surface area contributed by atoms with Crippen molar-refractivity contribution in [3.05, 3.63) is 59.7 Å². The van der Waals surface area contributed by atoms with E-state index in [4.69, 9.17) is 4.98 Å². The summed E-state index contributed by atoms with van der Waals surface area (Å²) in [6, 6.07) is 12.9. The summed E-state index contributed by atoms with van der Waals surface area (Å²) in [7, 11) is 0. The molecular weight excluding hydrogens is 406 g/mol. The number of hydrogen-bond donors (Lipinski definition) is 0. The zero-order valence-electron chi connectivity index (χ0n) is 15.1. The van der Waals surface area contributed by atoms with E-state index in [2.05, 4.69) is 56.3 Å². The molecule has 1 aromatic carbocycles. The maximum atomic E-state index is 4.82. The van der Waals surface area contributed by atoms with E-state index < -0.39 is 0 Å². The van der Waals surface area contributed by atoms with Crippen molar-refractivity contribution in [1.82, 2.24) is 24.7 Å². The summed E-state index contributed by atoms with van der Waals surface area (Å²) in [4.78, 5) is 8.92. The Balaban J connectivity index is 1.32. The Kier molecular flexibility index (Phi) is 4.92. The number of benzene rings is 1. The lowest BCUT2D eigenvalue weighted by Crippen LogP contribution is -2.11. The number of thioether (sulfide) groups is 2. The average Bonchev–Trinajstić information content (AvgIpc) is 3.45. The van der Waals surface area contributed by atoms with Gasteiger partial charge in [0.1, 0.15) is 0 Å². The first kappa shape index (κ1) is 17.9. The van der Waals surface area contributed by atoms with Gasteiger partial charge < -0.3 is 0 Å². The summed E-state index contributed by atoms with van der Waals surface area (Å²) >= 11 is 5.30. The molecule has 0 amide bonds. The molecule has 4 heterocycles. The molecule has 1 unspecified atom stereocenters. The van der Waals surface area contributed by atoms with Gasteiger partial charge in [0.15, 0.2) is 15.3 Å². The van der Waals surface area contributed by atoms with Gasteiger partial charge in [-0.1, -0.05) is 53.4 Å². The van der Waals surface area contributed by atoms with Gasteiger partial charge in [0.25, 0.3) is 0 Å². The lowest BCUT2D eigenvalue weighted by molar-refractivity contribution is 0.597. The van der Waals surface area contributed by atoms with E-state index in [9.17, 15) is 0 Å². The molecule has 4 aromatic rings. The minimum Gasteiger partial charge on any atom is -0.297 e. The third-order valence-corrected chi connectivity index (χ3v) is 7.86. The first-order valence-corrected chi connectivity index (χ1v) is 11.8. The molecule has 8 heteroatoms. The van der Waals surface area contributed by atoms with Crippen LogP contribution in [-0.4, -0.2) is 36.2 Å². The van der Waals surface area contributed by atoms with Gasteiger partial charge in [0, 0.05) is 40.4 Å².